The molecular weight excluding hydrogens is 450 g/mol. The van der Waals surface area contributed by atoms with Gasteiger partial charge in [-0.25, -0.2) is 4.79 Å². The Kier molecular flexibility index (Phi) is 10.4. The van der Waals surface area contributed by atoms with Crippen LogP contribution in [0.4, 0.5) is 10.5 Å². The number of anilines is 1. The Hall–Kier alpha value is -3.75. The number of para-hydroxylation sites is 1. The van der Waals surface area contributed by atoms with E-state index in [1.54, 1.807) is 40.0 Å². The van der Waals surface area contributed by atoms with E-state index in [-0.39, 0.29) is 19.0 Å². The second-order valence-electron chi connectivity index (χ2n) is 8.76. The van der Waals surface area contributed by atoms with E-state index in [1.165, 1.54) is 0 Å². The average Bonchev–Trinajstić information content (AvgIpc) is 2.80. The highest BCUT2D eigenvalue weighted by atomic mass is 16.6. The number of carbonyl (C=O) groups excluding carboxylic acids is 3. The van der Waals surface area contributed by atoms with Crippen LogP contribution in [0.15, 0.2) is 42.5 Å². The van der Waals surface area contributed by atoms with Crippen LogP contribution in [-0.4, -0.2) is 43.8 Å². The van der Waals surface area contributed by atoms with Crippen molar-refractivity contribution in [3.63, 3.8) is 0 Å². The van der Waals surface area contributed by atoms with Crippen LogP contribution in [0.3, 0.4) is 0 Å². The van der Waals surface area contributed by atoms with Crippen molar-refractivity contribution >= 4 is 23.6 Å². The van der Waals surface area contributed by atoms with Crippen molar-refractivity contribution in [2.75, 3.05) is 25.6 Å². The standard InChI is InChI=1S/C26H35N3O6/c1-6-34-21-13-11-18(15-22(21)33-5)12-14-23(30)27-16-19-9-7-8-10-20(19)29-24(31)17-28-25(32)35-26(2,3)4/h7-11,13,15H,6,12,14,16-17H2,1-5H3,(H,27,30)(H,28,32)(H,29,31). The van der Waals surface area contributed by atoms with Crippen LogP contribution in [0.25, 0.3) is 0 Å². The number of hydrogen-bond acceptors (Lipinski definition) is 6. The molecule has 0 bridgehead atoms. The predicted molar refractivity (Wildman–Crippen MR) is 134 cm³/mol. The van der Waals surface area contributed by atoms with E-state index in [9.17, 15) is 14.4 Å². The molecule has 2 aromatic carbocycles. The zero-order valence-corrected chi connectivity index (χ0v) is 21.0. The van der Waals surface area contributed by atoms with Gasteiger partial charge in [-0.2, -0.15) is 0 Å². The number of ether oxygens (including phenoxy) is 3. The fourth-order valence-corrected chi connectivity index (χ4v) is 3.14. The normalized spacial score (nSPS) is 10.8. The maximum Gasteiger partial charge on any atom is 0.408 e. The number of methoxy groups -OCH3 is 1. The third kappa shape index (κ3) is 9.95. The lowest BCUT2D eigenvalue weighted by Gasteiger charge is -2.19. The van der Waals surface area contributed by atoms with Crippen molar-refractivity contribution in [2.45, 2.75) is 52.7 Å². The fraction of sp³-hybridized carbons (Fsp3) is 0.423. The Morgan fingerprint density at radius 3 is 2.37 bits per heavy atom. The fourth-order valence-electron chi connectivity index (χ4n) is 3.14. The van der Waals surface area contributed by atoms with Gasteiger partial charge in [0.25, 0.3) is 0 Å². The van der Waals surface area contributed by atoms with E-state index >= 15 is 0 Å². The molecule has 2 aromatic rings. The van der Waals surface area contributed by atoms with Gasteiger partial charge in [-0.3, -0.25) is 9.59 Å². The maximum atomic E-state index is 12.4. The first-order chi connectivity index (χ1) is 16.6. The van der Waals surface area contributed by atoms with Crippen LogP contribution in [0, 0.1) is 0 Å². The molecule has 0 aliphatic heterocycles. The Labute approximate surface area is 206 Å². The van der Waals surface area contributed by atoms with E-state index in [4.69, 9.17) is 14.2 Å². The molecule has 0 atom stereocenters. The predicted octanol–water partition coefficient (Wildman–Crippen LogP) is 3.81. The second-order valence-corrected chi connectivity index (χ2v) is 8.76. The third-order valence-electron chi connectivity index (χ3n) is 4.73. The zero-order valence-electron chi connectivity index (χ0n) is 21.0. The first-order valence-electron chi connectivity index (χ1n) is 11.5. The molecule has 0 unspecified atom stereocenters. The Bertz CT molecular complexity index is 1020. The van der Waals surface area contributed by atoms with Gasteiger partial charge in [-0.05, 0) is 63.4 Å². The number of carbonyl (C=O) groups is 3. The van der Waals surface area contributed by atoms with Gasteiger partial charge in [-0.15, -0.1) is 0 Å². The molecule has 0 spiro atoms. The lowest BCUT2D eigenvalue weighted by molar-refractivity contribution is -0.121. The summed E-state index contributed by atoms with van der Waals surface area (Å²) < 4.78 is 16.0. The van der Waals surface area contributed by atoms with Gasteiger partial charge in [0, 0.05) is 18.7 Å². The van der Waals surface area contributed by atoms with Crippen molar-refractivity contribution in [1.29, 1.82) is 0 Å². The molecule has 0 aliphatic rings. The number of amides is 3. The van der Waals surface area contributed by atoms with E-state index in [2.05, 4.69) is 16.0 Å². The van der Waals surface area contributed by atoms with E-state index in [0.29, 0.717) is 36.6 Å². The first-order valence-corrected chi connectivity index (χ1v) is 11.5. The van der Waals surface area contributed by atoms with Crippen molar-refractivity contribution in [1.82, 2.24) is 10.6 Å². The Balaban J connectivity index is 1.85. The number of nitrogens with one attached hydrogen (secondary N) is 3. The third-order valence-corrected chi connectivity index (χ3v) is 4.73. The molecular formula is C26H35N3O6. The molecule has 0 saturated heterocycles. The molecule has 0 fully saturated rings. The molecule has 9 nitrogen and oxygen atoms in total. The molecule has 2 rings (SSSR count). The van der Waals surface area contributed by atoms with Gasteiger partial charge in [0.1, 0.15) is 12.1 Å². The average molecular weight is 486 g/mol. The molecule has 0 aromatic heterocycles. The first kappa shape index (κ1) is 27.5. The number of aryl methyl sites for hydroxylation is 1. The van der Waals surface area contributed by atoms with Gasteiger partial charge in [0.2, 0.25) is 11.8 Å². The molecule has 0 radical (unpaired) electrons. The largest absolute Gasteiger partial charge is 0.493 e. The summed E-state index contributed by atoms with van der Waals surface area (Å²) in [6.45, 7) is 7.69. The number of alkyl carbamates (subject to hydrolysis) is 1. The van der Waals surface area contributed by atoms with Crippen LogP contribution in [0.2, 0.25) is 0 Å². The van der Waals surface area contributed by atoms with Gasteiger partial charge in [-0.1, -0.05) is 24.3 Å². The second kappa shape index (κ2) is 13.2. The molecule has 0 saturated carbocycles. The molecule has 190 valence electrons. The Morgan fingerprint density at radius 1 is 0.943 bits per heavy atom. The smallest absolute Gasteiger partial charge is 0.408 e. The van der Waals surface area contributed by atoms with Crippen molar-refractivity contribution < 1.29 is 28.6 Å². The lowest BCUT2D eigenvalue weighted by atomic mass is 10.1. The number of rotatable bonds is 11. The van der Waals surface area contributed by atoms with Crippen molar-refractivity contribution in [2.24, 2.45) is 0 Å². The minimum Gasteiger partial charge on any atom is -0.493 e. The molecule has 35 heavy (non-hydrogen) atoms. The van der Waals surface area contributed by atoms with Crippen LogP contribution < -0.4 is 25.4 Å². The molecule has 3 amide bonds. The summed E-state index contributed by atoms with van der Waals surface area (Å²) in [7, 11) is 1.58. The van der Waals surface area contributed by atoms with Crippen molar-refractivity contribution in [3.05, 3.63) is 53.6 Å². The highest BCUT2D eigenvalue weighted by Crippen LogP contribution is 2.28. The maximum absolute atomic E-state index is 12.4. The summed E-state index contributed by atoms with van der Waals surface area (Å²) in [4.78, 5) is 36.4. The minimum absolute atomic E-state index is 0.120. The zero-order chi connectivity index (χ0) is 25.8. The van der Waals surface area contributed by atoms with Gasteiger partial charge >= 0.3 is 6.09 Å². The number of benzene rings is 2. The van der Waals surface area contributed by atoms with E-state index in [0.717, 1.165) is 11.1 Å². The molecule has 9 heteroatoms. The van der Waals surface area contributed by atoms with Gasteiger partial charge < -0.3 is 30.2 Å². The molecule has 0 aliphatic carbocycles. The number of hydrogen-bond donors (Lipinski definition) is 3. The SMILES string of the molecule is CCOc1ccc(CCC(=O)NCc2ccccc2NC(=O)CNC(=O)OC(C)(C)C)cc1OC. The van der Waals surface area contributed by atoms with Crippen LogP contribution in [-0.2, 0) is 27.3 Å². The summed E-state index contributed by atoms with van der Waals surface area (Å²) >= 11 is 0. The summed E-state index contributed by atoms with van der Waals surface area (Å²) in [6.07, 6.45) is 0.174. The Morgan fingerprint density at radius 2 is 1.69 bits per heavy atom. The van der Waals surface area contributed by atoms with Gasteiger partial charge in [0.15, 0.2) is 11.5 Å². The highest BCUT2D eigenvalue weighted by Gasteiger charge is 2.17. The summed E-state index contributed by atoms with van der Waals surface area (Å²) in [6, 6.07) is 12.8. The lowest BCUT2D eigenvalue weighted by Crippen LogP contribution is -2.37. The highest BCUT2D eigenvalue weighted by molar-refractivity contribution is 5.94. The monoisotopic (exact) mass is 485 g/mol. The summed E-state index contributed by atoms with van der Waals surface area (Å²) in [5.74, 6) is 0.781. The molecule has 0 heterocycles. The van der Waals surface area contributed by atoms with Crippen molar-refractivity contribution in [3.8, 4) is 11.5 Å². The van der Waals surface area contributed by atoms with E-state index < -0.39 is 17.6 Å². The van der Waals surface area contributed by atoms with Crippen LogP contribution in [0.5, 0.6) is 11.5 Å². The van der Waals surface area contributed by atoms with Crippen LogP contribution in [0.1, 0.15) is 45.2 Å². The van der Waals surface area contributed by atoms with Gasteiger partial charge in [0.05, 0.1) is 13.7 Å². The van der Waals surface area contributed by atoms with E-state index in [1.807, 2.05) is 37.3 Å². The van der Waals surface area contributed by atoms with Crippen LogP contribution >= 0.6 is 0 Å². The quantitative estimate of drug-likeness (QED) is 0.446. The summed E-state index contributed by atoms with van der Waals surface area (Å²) in [5, 5.41) is 8.06. The summed E-state index contributed by atoms with van der Waals surface area (Å²) in [5.41, 5.74) is 1.62. The minimum atomic E-state index is -0.668. The topological polar surface area (TPSA) is 115 Å². The molecule has 3 N–H and O–H groups in total.